The van der Waals surface area contributed by atoms with Gasteiger partial charge in [-0.2, -0.15) is 0 Å². The summed E-state index contributed by atoms with van der Waals surface area (Å²) in [7, 11) is 0. The van der Waals surface area contributed by atoms with Crippen molar-refractivity contribution in [3.63, 3.8) is 0 Å². The molecule has 74 valence electrons. The monoisotopic (exact) mass is 195 g/mol. The van der Waals surface area contributed by atoms with E-state index in [-0.39, 0.29) is 12.4 Å². The molecule has 0 fully saturated rings. The van der Waals surface area contributed by atoms with Gasteiger partial charge in [-0.3, -0.25) is 4.79 Å². The summed E-state index contributed by atoms with van der Waals surface area (Å²) in [5, 5.41) is 8.42. The van der Waals surface area contributed by atoms with Crippen molar-refractivity contribution in [1.82, 2.24) is 0 Å². The minimum Gasteiger partial charge on any atom is -0.480 e. The molecule has 0 heterocycles. The topological polar surface area (TPSA) is 63.3 Å². The molecule has 0 rings (SSSR count). The number of hydrogen-bond donors (Lipinski definition) is 2. The van der Waals surface area contributed by atoms with E-state index < -0.39 is 12.0 Å². The summed E-state index contributed by atoms with van der Waals surface area (Å²) in [5.74, 6) is -0.259. The molecule has 0 aliphatic heterocycles. The molecule has 0 spiro atoms. The summed E-state index contributed by atoms with van der Waals surface area (Å²) >= 11 is 0. The first-order chi connectivity index (χ1) is 5.04. The Kier molecular flexibility index (Phi) is 8.76. The largest absolute Gasteiger partial charge is 0.480 e. The maximum Gasteiger partial charge on any atom is 0.320 e. The van der Waals surface area contributed by atoms with Crippen LogP contribution in [0.1, 0.15) is 33.1 Å². The van der Waals surface area contributed by atoms with Gasteiger partial charge in [0.1, 0.15) is 6.04 Å². The summed E-state index contributed by atoms with van der Waals surface area (Å²) in [4.78, 5) is 10.2. The Bertz CT molecular complexity index is 128. The van der Waals surface area contributed by atoms with E-state index >= 15 is 0 Å². The first-order valence-corrected chi connectivity index (χ1v) is 4.02. The van der Waals surface area contributed by atoms with Crippen LogP contribution in [-0.4, -0.2) is 17.1 Å². The van der Waals surface area contributed by atoms with Gasteiger partial charge in [-0.1, -0.05) is 26.7 Å². The number of carbonyl (C=O) groups is 1. The lowest BCUT2D eigenvalue weighted by Crippen LogP contribution is -2.29. The fraction of sp³-hybridized carbons (Fsp3) is 0.875. The number of rotatable bonds is 5. The van der Waals surface area contributed by atoms with Gasteiger partial charge in [-0.25, -0.2) is 0 Å². The number of hydrogen-bond acceptors (Lipinski definition) is 2. The number of carboxylic acid groups (broad SMARTS) is 1. The normalized spacial score (nSPS) is 12.3. The second-order valence-corrected chi connectivity index (χ2v) is 3.27. The highest BCUT2D eigenvalue weighted by Crippen LogP contribution is 2.07. The van der Waals surface area contributed by atoms with Crippen molar-refractivity contribution in [1.29, 1.82) is 0 Å². The summed E-state index contributed by atoms with van der Waals surface area (Å²) in [6.45, 7) is 4.23. The summed E-state index contributed by atoms with van der Waals surface area (Å²) in [6, 6.07) is -0.672. The lowest BCUT2D eigenvalue weighted by molar-refractivity contribution is -0.138. The van der Waals surface area contributed by atoms with Gasteiger partial charge in [0.15, 0.2) is 0 Å². The van der Waals surface area contributed by atoms with Crippen molar-refractivity contribution < 1.29 is 9.90 Å². The highest BCUT2D eigenvalue weighted by molar-refractivity contribution is 5.85. The van der Waals surface area contributed by atoms with Crippen LogP contribution >= 0.6 is 12.4 Å². The van der Waals surface area contributed by atoms with Crippen LogP contribution in [-0.2, 0) is 4.79 Å². The first kappa shape index (κ1) is 14.3. The summed E-state index contributed by atoms with van der Waals surface area (Å²) < 4.78 is 0. The Morgan fingerprint density at radius 1 is 1.42 bits per heavy atom. The molecular formula is C8H18ClNO2. The van der Waals surface area contributed by atoms with E-state index in [4.69, 9.17) is 10.8 Å². The Balaban J connectivity index is 0. The number of halogens is 1. The van der Waals surface area contributed by atoms with Gasteiger partial charge in [-0.05, 0) is 12.3 Å². The van der Waals surface area contributed by atoms with Crippen molar-refractivity contribution in [3.05, 3.63) is 0 Å². The van der Waals surface area contributed by atoms with Crippen molar-refractivity contribution in [2.45, 2.75) is 39.2 Å². The van der Waals surface area contributed by atoms with Gasteiger partial charge in [0, 0.05) is 0 Å². The fourth-order valence-electron chi connectivity index (χ4n) is 0.869. The minimum atomic E-state index is -0.895. The summed E-state index contributed by atoms with van der Waals surface area (Å²) in [6.07, 6.45) is 2.56. The lowest BCUT2D eigenvalue weighted by atomic mass is 10.0. The second-order valence-electron chi connectivity index (χ2n) is 3.27. The molecule has 0 aromatic rings. The first-order valence-electron chi connectivity index (χ1n) is 4.02. The molecule has 3 nitrogen and oxygen atoms in total. The van der Waals surface area contributed by atoms with Gasteiger partial charge in [0.05, 0.1) is 0 Å². The van der Waals surface area contributed by atoms with E-state index in [2.05, 4.69) is 13.8 Å². The van der Waals surface area contributed by atoms with Gasteiger partial charge >= 0.3 is 5.97 Å². The highest BCUT2D eigenvalue weighted by Gasteiger charge is 2.10. The van der Waals surface area contributed by atoms with Crippen LogP contribution in [0.3, 0.4) is 0 Å². The van der Waals surface area contributed by atoms with Crippen molar-refractivity contribution in [2.24, 2.45) is 11.7 Å². The molecule has 0 saturated heterocycles. The molecule has 0 amide bonds. The average Bonchev–Trinajstić information content (AvgIpc) is 1.86. The third kappa shape index (κ3) is 7.82. The van der Waals surface area contributed by atoms with Crippen LogP contribution in [0.15, 0.2) is 0 Å². The second kappa shape index (κ2) is 7.37. The van der Waals surface area contributed by atoms with Gasteiger partial charge in [0.2, 0.25) is 0 Å². The van der Waals surface area contributed by atoms with Crippen molar-refractivity contribution in [3.8, 4) is 0 Å². The fourth-order valence-corrected chi connectivity index (χ4v) is 0.869. The Hall–Kier alpha value is -0.280. The highest BCUT2D eigenvalue weighted by atomic mass is 35.5. The maximum atomic E-state index is 10.2. The average molecular weight is 196 g/mol. The van der Waals surface area contributed by atoms with Crippen molar-refractivity contribution in [2.75, 3.05) is 0 Å². The van der Waals surface area contributed by atoms with E-state index in [1.54, 1.807) is 0 Å². The van der Waals surface area contributed by atoms with E-state index in [9.17, 15) is 4.79 Å². The van der Waals surface area contributed by atoms with Crippen LogP contribution in [0.2, 0.25) is 0 Å². The zero-order chi connectivity index (χ0) is 8.85. The zero-order valence-corrected chi connectivity index (χ0v) is 8.43. The van der Waals surface area contributed by atoms with Crippen LogP contribution in [0.25, 0.3) is 0 Å². The predicted molar refractivity (Wildman–Crippen MR) is 51.5 cm³/mol. The smallest absolute Gasteiger partial charge is 0.320 e. The van der Waals surface area contributed by atoms with Gasteiger partial charge in [-0.15, -0.1) is 12.4 Å². The Labute approximate surface area is 79.7 Å². The van der Waals surface area contributed by atoms with E-state index in [1.807, 2.05) is 0 Å². The third-order valence-corrected chi connectivity index (χ3v) is 1.61. The molecule has 0 radical (unpaired) electrons. The van der Waals surface area contributed by atoms with E-state index in [0.717, 1.165) is 12.8 Å². The number of nitrogens with two attached hydrogens (primary N) is 1. The molecule has 0 aliphatic carbocycles. The molecule has 0 saturated carbocycles. The van der Waals surface area contributed by atoms with Crippen LogP contribution in [0.5, 0.6) is 0 Å². The molecule has 0 aliphatic rings. The SMILES string of the molecule is CC(C)CCCC(N)C(=O)O.Cl. The molecule has 1 atom stereocenters. The molecule has 3 N–H and O–H groups in total. The third-order valence-electron chi connectivity index (χ3n) is 1.61. The quantitative estimate of drug-likeness (QED) is 0.701. The standard InChI is InChI=1S/C8H17NO2.ClH/c1-6(2)4-3-5-7(9)8(10)11;/h6-7H,3-5,9H2,1-2H3,(H,10,11);1H. The maximum absolute atomic E-state index is 10.2. The molecular weight excluding hydrogens is 178 g/mol. The van der Waals surface area contributed by atoms with Gasteiger partial charge < -0.3 is 10.8 Å². The predicted octanol–water partition coefficient (Wildman–Crippen LogP) is 1.65. The molecule has 1 unspecified atom stereocenters. The van der Waals surface area contributed by atoms with Crippen LogP contribution in [0, 0.1) is 5.92 Å². The molecule has 0 aromatic heterocycles. The van der Waals surface area contributed by atoms with Gasteiger partial charge in [0.25, 0.3) is 0 Å². The Morgan fingerprint density at radius 3 is 2.25 bits per heavy atom. The van der Waals surface area contributed by atoms with E-state index in [0.29, 0.717) is 12.3 Å². The number of aliphatic carboxylic acids is 1. The Morgan fingerprint density at radius 2 is 1.92 bits per heavy atom. The molecule has 0 bridgehead atoms. The number of carboxylic acids is 1. The van der Waals surface area contributed by atoms with Crippen LogP contribution < -0.4 is 5.73 Å². The molecule has 12 heavy (non-hydrogen) atoms. The molecule has 4 heteroatoms. The van der Waals surface area contributed by atoms with Crippen LogP contribution in [0.4, 0.5) is 0 Å². The summed E-state index contributed by atoms with van der Waals surface area (Å²) in [5.41, 5.74) is 5.30. The zero-order valence-electron chi connectivity index (χ0n) is 7.62. The molecule has 0 aromatic carbocycles. The lowest BCUT2D eigenvalue weighted by Gasteiger charge is -2.06. The van der Waals surface area contributed by atoms with Crippen molar-refractivity contribution >= 4 is 18.4 Å². The van der Waals surface area contributed by atoms with E-state index in [1.165, 1.54) is 0 Å². The minimum absolute atomic E-state index is 0.